The zero-order valence-corrected chi connectivity index (χ0v) is 15.9. The third-order valence-electron chi connectivity index (χ3n) is 4.05. The molecule has 4 heteroatoms. The number of fused-ring (bicyclic) bond motifs is 1. The Bertz CT molecular complexity index is 672. The maximum Gasteiger partial charge on any atom is 0.149 e. The number of phenolic OH excluding ortho intramolecular Hbond substituents is 1. The van der Waals surface area contributed by atoms with Crippen molar-refractivity contribution in [1.29, 1.82) is 0 Å². The molecule has 2 rings (SSSR count). The largest absolute Gasteiger partial charge is 0.505 e. The Hall–Kier alpha value is -1.31. The highest BCUT2D eigenvalue weighted by Gasteiger charge is 2.35. The van der Waals surface area contributed by atoms with Crippen molar-refractivity contribution < 1.29 is 10.3 Å². The zero-order valence-electron chi connectivity index (χ0n) is 15.0. The minimum Gasteiger partial charge on any atom is -0.505 e. The molecular formula is C19H28NO2P. The monoisotopic (exact) mass is 333 g/mol. The van der Waals surface area contributed by atoms with Gasteiger partial charge in [-0.2, -0.15) is 0 Å². The summed E-state index contributed by atoms with van der Waals surface area (Å²) in [5.41, 5.74) is 0.477. The minimum absolute atomic E-state index is 0.112. The molecule has 0 aromatic heterocycles. The first-order valence-electron chi connectivity index (χ1n) is 7.96. The van der Waals surface area contributed by atoms with Gasteiger partial charge in [0.15, 0.2) is 0 Å². The Morgan fingerprint density at radius 3 is 2.04 bits per heavy atom. The summed E-state index contributed by atoms with van der Waals surface area (Å²) in [7, 11) is -0.497. The fraction of sp³-hybridized carbons (Fsp3) is 0.474. The first-order chi connectivity index (χ1) is 10.5. The summed E-state index contributed by atoms with van der Waals surface area (Å²) in [5.74, 6) is 0.142. The SMILES string of the molecule is CC(C)(C)P(CN(O)c1ccc2ccccc2c1O)C(C)(C)C. The van der Waals surface area contributed by atoms with Crippen molar-refractivity contribution in [2.24, 2.45) is 0 Å². The Kier molecular flexibility index (Phi) is 4.94. The van der Waals surface area contributed by atoms with E-state index in [1.807, 2.05) is 30.3 Å². The Morgan fingerprint density at radius 2 is 1.48 bits per heavy atom. The number of hydrogen-bond donors (Lipinski definition) is 2. The maximum absolute atomic E-state index is 10.6. The Labute approximate surface area is 140 Å². The van der Waals surface area contributed by atoms with Gasteiger partial charge in [0.1, 0.15) is 11.4 Å². The smallest absolute Gasteiger partial charge is 0.149 e. The molecule has 0 radical (unpaired) electrons. The Balaban J connectivity index is 2.37. The van der Waals surface area contributed by atoms with Gasteiger partial charge in [-0.25, -0.2) is 5.06 Å². The van der Waals surface area contributed by atoms with E-state index in [1.54, 1.807) is 6.07 Å². The van der Waals surface area contributed by atoms with E-state index in [0.29, 0.717) is 12.0 Å². The van der Waals surface area contributed by atoms with E-state index < -0.39 is 7.92 Å². The average molecular weight is 333 g/mol. The quantitative estimate of drug-likeness (QED) is 0.553. The van der Waals surface area contributed by atoms with Crippen LogP contribution in [0, 0.1) is 0 Å². The predicted octanol–water partition coefficient (Wildman–Crippen LogP) is 5.78. The molecule has 2 N–H and O–H groups in total. The van der Waals surface area contributed by atoms with Gasteiger partial charge in [-0.05, 0) is 21.8 Å². The van der Waals surface area contributed by atoms with E-state index in [9.17, 15) is 10.3 Å². The van der Waals surface area contributed by atoms with Crippen molar-refractivity contribution in [2.75, 3.05) is 11.3 Å². The summed E-state index contributed by atoms with van der Waals surface area (Å²) in [5, 5.41) is 24.4. The summed E-state index contributed by atoms with van der Waals surface area (Å²) < 4.78 is 0. The van der Waals surface area contributed by atoms with Crippen LogP contribution in [0.4, 0.5) is 5.69 Å². The van der Waals surface area contributed by atoms with E-state index in [1.165, 1.54) is 5.06 Å². The summed E-state index contributed by atoms with van der Waals surface area (Å²) in [4.78, 5) is 0. The second-order valence-electron chi connectivity index (χ2n) is 7.97. The zero-order chi connectivity index (χ0) is 17.4. The second-order valence-corrected chi connectivity index (χ2v) is 11.8. The second kappa shape index (κ2) is 6.30. The van der Waals surface area contributed by atoms with E-state index >= 15 is 0 Å². The van der Waals surface area contributed by atoms with Crippen LogP contribution in [0.15, 0.2) is 36.4 Å². The third-order valence-corrected chi connectivity index (χ3v) is 7.84. The van der Waals surface area contributed by atoms with Crippen molar-refractivity contribution in [2.45, 2.75) is 51.9 Å². The number of anilines is 1. The molecule has 0 saturated heterocycles. The molecule has 23 heavy (non-hydrogen) atoms. The molecule has 0 aliphatic carbocycles. The van der Waals surface area contributed by atoms with E-state index in [0.717, 1.165) is 10.8 Å². The number of rotatable bonds is 3. The van der Waals surface area contributed by atoms with Crippen LogP contribution in [0.5, 0.6) is 5.75 Å². The van der Waals surface area contributed by atoms with Crippen LogP contribution in [-0.4, -0.2) is 26.9 Å². The van der Waals surface area contributed by atoms with Crippen molar-refractivity contribution in [3.8, 4) is 5.75 Å². The molecule has 0 heterocycles. The maximum atomic E-state index is 10.6. The highest BCUT2D eigenvalue weighted by molar-refractivity contribution is 7.60. The third kappa shape index (κ3) is 3.97. The van der Waals surface area contributed by atoms with Gasteiger partial charge in [0, 0.05) is 5.39 Å². The number of benzene rings is 2. The average Bonchev–Trinajstić information content (AvgIpc) is 2.42. The Morgan fingerprint density at radius 1 is 0.913 bits per heavy atom. The summed E-state index contributed by atoms with van der Waals surface area (Å²) in [6.07, 6.45) is 0.536. The molecule has 0 fully saturated rings. The molecule has 0 saturated carbocycles. The highest BCUT2D eigenvalue weighted by Crippen LogP contribution is 2.59. The standard InChI is InChI=1S/C19H28NO2P/c1-18(2,3)23(19(4,5)6)13-20(22)16-12-11-14-9-7-8-10-15(14)17(16)21/h7-12,21-22H,13H2,1-6H3. The lowest BCUT2D eigenvalue weighted by Gasteiger charge is -2.43. The molecular weight excluding hydrogens is 305 g/mol. The molecule has 0 aliphatic rings. The van der Waals surface area contributed by atoms with Crippen LogP contribution in [0.25, 0.3) is 10.8 Å². The number of nitrogens with zero attached hydrogens (tertiary/aromatic N) is 1. The molecule has 2 aromatic carbocycles. The molecule has 0 amide bonds. The van der Waals surface area contributed by atoms with Crippen LogP contribution in [-0.2, 0) is 0 Å². The van der Waals surface area contributed by atoms with Crippen molar-refractivity contribution in [1.82, 2.24) is 0 Å². The van der Waals surface area contributed by atoms with E-state index in [2.05, 4.69) is 41.5 Å². The number of aromatic hydroxyl groups is 1. The van der Waals surface area contributed by atoms with Gasteiger partial charge in [-0.3, -0.25) is 5.21 Å². The molecule has 3 nitrogen and oxygen atoms in total. The fourth-order valence-electron chi connectivity index (χ4n) is 3.09. The van der Waals surface area contributed by atoms with E-state index in [-0.39, 0.29) is 16.1 Å². The van der Waals surface area contributed by atoms with Crippen molar-refractivity contribution in [3.05, 3.63) is 36.4 Å². The number of phenols is 1. The highest BCUT2D eigenvalue weighted by atomic mass is 31.1. The van der Waals surface area contributed by atoms with Crippen molar-refractivity contribution in [3.63, 3.8) is 0 Å². The summed E-state index contributed by atoms with van der Waals surface area (Å²) in [6.45, 7) is 13.3. The van der Waals surface area contributed by atoms with Gasteiger partial charge in [-0.1, -0.05) is 79.8 Å². The van der Waals surface area contributed by atoms with Crippen LogP contribution >= 0.6 is 7.92 Å². The van der Waals surface area contributed by atoms with Crippen LogP contribution in [0.2, 0.25) is 0 Å². The van der Waals surface area contributed by atoms with E-state index in [4.69, 9.17) is 0 Å². The van der Waals surface area contributed by atoms with Gasteiger partial charge < -0.3 is 5.11 Å². The molecule has 0 bridgehead atoms. The molecule has 0 unspecified atom stereocenters. The topological polar surface area (TPSA) is 43.7 Å². The first kappa shape index (κ1) is 18.0. The lowest BCUT2D eigenvalue weighted by Crippen LogP contribution is -2.32. The number of hydrogen-bond acceptors (Lipinski definition) is 3. The van der Waals surface area contributed by atoms with Gasteiger partial charge in [0.05, 0.1) is 6.29 Å². The minimum atomic E-state index is -0.497. The molecule has 0 atom stereocenters. The molecule has 126 valence electrons. The summed E-state index contributed by atoms with van der Waals surface area (Å²) >= 11 is 0. The van der Waals surface area contributed by atoms with Gasteiger partial charge in [0.25, 0.3) is 0 Å². The molecule has 2 aromatic rings. The van der Waals surface area contributed by atoms with Gasteiger partial charge >= 0.3 is 0 Å². The van der Waals surface area contributed by atoms with Crippen LogP contribution in [0.3, 0.4) is 0 Å². The normalized spacial score (nSPS) is 12.9. The van der Waals surface area contributed by atoms with Crippen LogP contribution in [0.1, 0.15) is 41.5 Å². The first-order valence-corrected chi connectivity index (χ1v) is 9.49. The fourth-order valence-corrected chi connectivity index (χ4v) is 6.37. The lowest BCUT2D eigenvalue weighted by atomic mass is 10.1. The predicted molar refractivity (Wildman–Crippen MR) is 101 cm³/mol. The summed E-state index contributed by atoms with van der Waals surface area (Å²) in [6, 6.07) is 11.4. The number of hydroxylamine groups is 1. The lowest BCUT2D eigenvalue weighted by molar-refractivity contribution is 0.268. The molecule has 0 aliphatic heterocycles. The van der Waals surface area contributed by atoms with Crippen molar-refractivity contribution >= 4 is 24.4 Å². The van der Waals surface area contributed by atoms with Gasteiger partial charge in [0.2, 0.25) is 0 Å². The van der Waals surface area contributed by atoms with Gasteiger partial charge in [-0.15, -0.1) is 0 Å². The van der Waals surface area contributed by atoms with Crippen LogP contribution < -0.4 is 5.06 Å². The molecule has 0 spiro atoms.